The number of anilines is 1. The number of nitrogens with zero attached hydrogens (tertiary/aromatic N) is 1. The minimum absolute atomic E-state index is 0.190. The predicted molar refractivity (Wildman–Crippen MR) is 110 cm³/mol. The maximum Gasteiger partial charge on any atom is 0.340 e. The minimum atomic E-state index is -0.670. The van der Waals surface area contributed by atoms with Crippen LogP contribution in [0.15, 0.2) is 52.3 Å². The van der Waals surface area contributed by atoms with Crippen molar-refractivity contribution >= 4 is 55.9 Å². The van der Waals surface area contributed by atoms with Gasteiger partial charge >= 0.3 is 5.97 Å². The van der Waals surface area contributed by atoms with Crippen molar-refractivity contribution in [3.8, 4) is 11.3 Å². The number of aromatic nitrogens is 1. The van der Waals surface area contributed by atoms with E-state index in [2.05, 4.69) is 26.2 Å². The van der Waals surface area contributed by atoms with Gasteiger partial charge < -0.3 is 4.74 Å². The first-order valence-electron chi connectivity index (χ1n) is 7.87. The van der Waals surface area contributed by atoms with Gasteiger partial charge in [-0.15, -0.1) is 11.3 Å². The average molecular weight is 466 g/mol. The Morgan fingerprint density at radius 1 is 1.22 bits per heavy atom. The summed E-state index contributed by atoms with van der Waals surface area (Å²) in [7, 11) is 0. The molecule has 0 aliphatic heterocycles. The normalized spacial score (nSPS) is 10.5. The molecule has 0 bridgehead atoms. The average Bonchev–Trinajstić information content (AvgIpc) is 3.10. The van der Waals surface area contributed by atoms with Crippen molar-refractivity contribution in [2.45, 2.75) is 6.92 Å². The van der Waals surface area contributed by atoms with Gasteiger partial charge in [-0.1, -0.05) is 57.4 Å². The molecule has 0 aliphatic rings. The third kappa shape index (κ3) is 5.15. The second-order valence-electron chi connectivity index (χ2n) is 5.65. The van der Waals surface area contributed by atoms with Gasteiger partial charge in [0.2, 0.25) is 0 Å². The molecule has 3 rings (SSSR count). The van der Waals surface area contributed by atoms with Crippen LogP contribution in [0.2, 0.25) is 5.02 Å². The van der Waals surface area contributed by atoms with Crippen molar-refractivity contribution in [3.63, 3.8) is 0 Å². The van der Waals surface area contributed by atoms with Crippen LogP contribution in [0.1, 0.15) is 15.9 Å². The summed E-state index contributed by atoms with van der Waals surface area (Å²) in [5.41, 5.74) is 3.09. The fourth-order valence-corrected chi connectivity index (χ4v) is 3.50. The zero-order valence-electron chi connectivity index (χ0n) is 14.2. The van der Waals surface area contributed by atoms with Gasteiger partial charge in [0, 0.05) is 15.4 Å². The first-order chi connectivity index (χ1) is 12.9. The van der Waals surface area contributed by atoms with E-state index in [4.69, 9.17) is 16.3 Å². The number of amides is 1. The number of halogens is 2. The van der Waals surface area contributed by atoms with Crippen LogP contribution in [0.5, 0.6) is 0 Å². The standard InChI is InChI=1S/C19H14BrClN2O3S/c1-11-2-4-12(5-3-11)16-10-27-19(22-16)23-17(24)9-26-18(25)14-8-13(20)6-7-15(14)21/h2-8,10H,9H2,1H3,(H,22,23,24). The predicted octanol–water partition coefficient (Wildman–Crippen LogP) is 5.33. The molecule has 0 saturated heterocycles. The molecular formula is C19H14BrClN2O3S. The molecule has 27 heavy (non-hydrogen) atoms. The Hall–Kier alpha value is -2.22. The van der Waals surface area contributed by atoms with Crippen molar-refractivity contribution in [1.29, 1.82) is 0 Å². The van der Waals surface area contributed by atoms with Gasteiger partial charge in [0.05, 0.1) is 16.3 Å². The molecule has 0 atom stereocenters. The van der Waals surface area contributed by atoms with E-state index in [1.165, 1.54) is 17.4 Å². The summed E-state index contributed by atoms with van der Waals surface area (Å²) in [4.78, 5) is 28.5. The second kappa shape index (κ2) is 8.65. The Bertz CT molecular complexity index is 989. The molecule has 0 fully saturated rings. The third-order valence-electron chi connectivity index (χ3n) is 3.58. The van der Waals surface area contributed by atoms with Gasteiger partial charge in [-0.25, -0.2) is 9.78 Å². The lowest BCUT2D eigenvalue weighted by molar-refractivity contribution is -0.119. The van der Waals surface area contributed by atoms with E-state index in [0.717, 1.165) is 16.8 Å². The van der Waals surface area contributed by atoms with E-state index < -0.39 is 18.5 Å². The molecule has 1 heterocycles. The molecule has 0 unspecified atom stereocenters. The van der Waals surface area contributed by atoms with E-state index >= 15 is 0 Å². The van der Waals surface area contributed by atoms with Gasteiger partial charge in [-0.2, -0.15) is 0 Å². The molecule has 8 heteroatoms. The highest BCUT2D eigenvalue weighted by molar-refractivity contribution is 9.10. The highest BCUT2D eigenvalue weighted by Crippen LogP contribution is 2.25. The lowest BCUT2D eigenvalue weighted by atomic mass is 10.1. The summed E-state index contributed by atoms with van der Waals surface area (Å²) in [6.45, 7) is 1.58. The third-order valence-corrected chi connectivity index (χ3v) is 5.16. The van der Waals surface area contributed by atoms with Crippen LogP contribution in [0.3, 0.4) is 0 Å². The molecule has 1 amide bonds. The zero-order valence-corrected chi connectivity index (χ0v) is 17.3. The van der Waals surface area contributed by atoms with Crippen LogP contribution < -0.4 is 5.32 Å². The van der Waals surface area contributed by atoms with Gasteiger partial charge in [0.25, 0.3) is 5.91 Å². The second-order valence-corrected chi connectivity index (χ2v) is 7.83. The number of hydrogen-bond donors (Lipinski definition) is 1. The van der Waals surface area contributed by atoms with Crippen LogP contribution in [0.4, 0.5) is 5.13 Å². The number of hydrogen-bond acceptors (Lipinski definition) is 5. The summed E-state index contributed by atoms with van der Waals surface area (Å²) in [5, 5.41) is 5.17. The van der Waals surface area contributed by atoms with Crippen molar-refractivity contribution in [3.05, 3.63) is 68.5 Å². The van der Waals surface area contributed by atoms with Crippen LogP contribution in [-0.4, -0.2) is 23.5 Å². The molecule has 5 nitrogen and oxygen atoms in total. The number of esters is 1. The lowest BCUT2D eigenvalue weighted by Crippen LogP contribution is -2.21. The Morgan fingerprint density at radius 3 is 2.70 bits per heavy atom. The molecule has 0 saturated carbocycles. The van der Waals surface area contributed by atoms with Gasteiger partial charge in [0.1, 0.15) is 0 Å². The minimum Gasteiger partial charge on any atom is -0.452 e. The Kier molecular flexibility index (Phi) is 6.26. The zero-order chi connectivity index (χ0) is 19.4. The summed E-state index contributed by atoms with van der Waals surface area (Å²) in [6, 6.07) is 12.8. The number of rotatable bonds is 5. The number of benzene rings is 2. The fraction of sp³-hybridized carbons (Fsp3) is 0.105. The van der Waals surface area contributed by atoms with Crippen molar-refractivity contribution < 1.29 is 14.3 Å². The van der Waals surface area contributed by atoms with Gasteiger partial charge in [-0.05, 0) is 25.1 Å². The molecule has 1 aromatic heterocycles. The van der Waals surface area contributed by atoms with E-state index in [-0.39, 0.29) is 10.6 Å². The van der Waals surface area contributed by atoms with E-state index in [1.807, 2.05) is 36.6 Å². The van der Waals surface area contributed by atoms with E-state index in [0.29, 0.717) is 9.60 Å². The van der Waals surface area contributed by atoms with Crippen LogP contribution in [0.25, 0.3) is 11.3 Å². The smallest absolute Gasteiger partial charge is 0.340 e. The first kappa shape index (κ1) is 19.5. The summed E-state index contributed by atoms with van der Waals surface area (Å²) in [6.07, 6.45) is 0. The number of carbonyl (C=O) groups is 2. The Morgan fingerprint density at radius 2 is 1.96 bits per heavy atom. The Labute approximate surface area is 173 Å². The highest BCUT2D eigenvalue weighted by atomic mass is 79.9. The summed E-state index contributed by atoms with van der Waals surface area (Å²) < 4.78 is 5.71. The maximum atomic E-state index is 12.1. The molecule has 2 aromatic carbocycles. The first-order valence-corrected chi connectivity index (χ1v) is 9.92. The molecule has 138 valence electrons. The molecule has 0 aliphatic carbocycles. The monoisotopic (exact) mass is 464 g/mol. The van der Waals surface area contributed by atoms with Gasteiger partial charge in [0.15, 0.2) is 11.7 Å². The molecule has 0 spiro atoms. The molecule has 1 N–H and O–H groups in total. The van der Waals surface area contributed by atoms with Crippen LogP contribution in [0, 0.1) is 6.92 Å². The summed E-state index contributed by atoms with van der Waals surface area (Å²) in [5.74, 6) is -1.14. The molecule has 3 aromatic rings. The van der Waals surface area contributed by atoms with Crippen LogP contribution >= 0.6 is 38.9 Å². The van der Waals surface area contributed by atoms with E-state index in [9.17, 15) is 9.59 Å². The number of thiazole rings is 1. The maximum absolute atomic E-state index is 12.1. The number of carbonyl (C=O) groups excluding carboxylic acids is 2. The van der Waals surface area contributed by atoms with Crippen molar-refractivity contribution in [2.75, 3.05) is 11.9 Å². The van der Waals surface area contributed by atoms with Crippen LogP contribution in [-0.2, 0) is 9.53 Å². The number of ether oxygens (including phenoxy) is 1. The fourth-order valence-electron chi connectivity index (χ4n) is 2.21. The SMILES string of the molecule is Cc1ccc(-c2csc(NC(=O)COC(=O)c3cc(Br)ccc3Cl)n2)cc1. The number of aryl methyl sites for hydroxylation is 1. The van der Waals surface area contributed by atoms with E-state index in [1.54, 1.807) is 12.1 Å². The summed E-state index contributed by atoms with van der Waals surface area (Å²) >= 11 is 10.5. The molecular weight excluding hydrogens is 452 g/mol. The van der Waals surface area contributed by atoms with Crippen molar-refractivity contribution in [1.82, 2.24) is 4.98 Å². The number of nitrogens with one attached hydrogen (secondary N) is 1. The van der Waals surface area contributed by atoms with Gasteiger partial charge in [-0.3, -0.25) is 10.1 Å². The van der Waals surface area contributed by atoms with Crippen molar-refractivity contribution in [2.24, 2.45) is 0 Å². The topological polar surface area (TPSA) is 68.3 Å². The highest BCUT2D eigenvalue weighted by Gasteiger charge is 2.15. The Balaban J connectivity index is 1.57. The largest absolute Gasteiger partial charge is 0.452 e. The quantitative estimate of drug-likeness (QED) is 0.517. The molecule has 0 radical (unpaired) electrons. The lowest BCUT2D eigenvalue weighted by Gasteiger charge is -2.06.